The van der Waals surface area contributed by atoms with E-state index in [0.29, 0.717) is 5.92 Å². The summed E-state index contributed by atoms with van der Waals surface area (Å²) >= 11 is 0. The molecule has 1 aliphatic carbocycles. The predicted molar refractivity (Wildman–Crippen MR) is 94.7 cm³/mol. The normalized spacial score (nSPS) is 28.1. The lowest BCUT2D eigenvalue weighted by Gasteiger charge is -2.47. The van der Waals surface area contributed by atoms with Crippen LogP contribution in [0.4, 0.5) is 0 Å². The predicted octanol–water partition coefficient (Wildman–Crippen LogP) is 2.40. The molecule has 1 saturated heterocycles. The highest BCUT2D eigenvalue weighted by atomic mass is 16.1. The summed E-state index contributed by atoms with van der Waals surface area (Å²) in [5.74, 6) is 0.587. The molecule has 126 valence electrons. The Morgan fingerprint density at radius 3 is 2.61 bits per heavy atom. The number of aromatic nitrogens is 1. The van der Waals surface area contributed by atoms with E-state index >= 15 is 0 Å². The van der Waals surface area contributed by atoms with E-state index in [1.165, 1.54) is 17.5 Å². The molecular formula is C19H29N3O. The van der Waals surface area contributed by atoms with Gasteiger partial charge < -0.3 is 9.88 Å². The summed E-state index contributed by atoms with van der Waals surface area (Å²) in [6.45, 7) is 8.06. The molecule has 4 heteroatoms. The summed E-state index contributed by atoms with van der Waals surface area (Å²) in [5, 5.41) is 7.24. The number of pyridine rings is 1. The highest BCUT2D eigenvalue weighted by Crippen LogP contribution is 2.43. The molecule has 0 aromatic carbocycles. The van der Waals surface area contributed by atoms with Crippen LogP contribution in [0.25, 0.3) is 0 Å². The van der Waals surface area contributed by atoms with Crippen LogP contribution >= 0.6 is 0 Å². The van der Waals surface area contributed by atoms with Gasteiger partial charge in [-0.15, -0.1) is 0 Å². The fourth-order valence-corrected chi connectivity index (χ4v) is 4.54. The molecule has 0 spiro atoms. The van der Waals surface area contributed by atoms with E-state index in [1.807, 2.05) is 18.5 Å². The van der Waals surface area contributed by atoms with Gasteiger partial charge in [-0.2, -0.15) is 0 Å². The maximum atomic E-state index is 12.4. The first-order valence-electron chi connectivity index (χ1n) is 8.77. The van der Waals surface area contributed by atoms with E-state index in [4.69, 9.17) is 0 Å². The molecule has 0 bridgehead atoms. The van der Waals surface area contributed by atoms with Gasteiger partial charge in [-0.1, -0.05) is 12.2 Å². The number of hydrogen-bond donors (Lipinski definition) is 2. The van der Waals surface area contributed by atoms with Crippen molar-refractivity contribution in [2.24, 2.45) is 13.0 Å². The van der Waals surface area contributed by atoms with Gasteiger partial charge in [0.15, 0.2) is 0 Å². The molecule has 2 aliphatic rings. The van der Waals surface area contributed by atoms with Crippen LogP contribution in [-0.2, 0) is 12.6 Å². The molecule has 0 saturated carbocycles. The zero-order valence-electron chi connectivity index (χ0n) is 14.8. The second kappa shape index (κ2) is 6.25. The minimum Gasteiger partial charge on any atom is -0.315 e. The number of rotatable bonds is 2. The molecule has 1 aliphatic heterocycles. The molecule has 3 rings (SSSR count). The third-order valence-corrected chi connectivity index (χ3v) is 6.06. The molecule has 23 heavy (non-hydrogen) atoms. The van der Waals surface area contributed by atoms with Gasteiger partial charge in [-0.25, -0.2) is 0 Å². The summed E-state index contributed by atoms with van der Waals surface area (Å²) in [6, 6.07) is 0. The maximum absolute atomic E-state index is 12.4. The van der Waals surface area contributed by atoms with E-state index < -0.39 is 0 Å². The Morgan fingerprint density at radius 2 is 2.00 bits per heavy atom. The third-order valence-electron chi connectivity index (χ3n) is 6.06. The van der Waals surface area contributed by atoms with Gasteiger partial charge in [0, 0.05) is 25.0 Å². The Balaban J connectivity index is 2.22. The lowest BCUT2D eigenvalue weighted by molar-refractivity contribution is 0.145. The van der Waals surface area contributed by atoms with Gasteiger partial charge in [0.1, 0.15) is 0 Å². The van der Waals surface area contributed by atoms with Crippen LogP contribution in [0, 0.1) is 26.7 Å². The number of hydrogen-bond acceptors (Lipinski definition) is 3. The lowest BCUT2D eigenvalue weighted by Crippen LogP contribution is -2.58. The van der Waals surface area contributed by atoms with Crippen LogP contribution in [0.1, 0.15) is 48.1 Å². The average Bonchev–Trinajstić information content (AvgIpc) is 2.60. The molecule has 1 fully saturated rings. The van der Waals surface area contributed by atoms with Gasteiger partial charge in [-0.05, 0) is 70.0 Å². The summed E-state index contributed by atoms with van der Waals surface area (Å²) in [7, 11) is 1.91. The van der Waals surface area contributed by atoms with Crippen molar-refractivity contribution >= 4 is 0 Å². The highest BCUT2D eigenvalue weighted by molar-refractivity contribution is 5.42. The van der Waals surface area contributed by atoms with Crippen molar-refractivity contribution < 1.29 is 0 Å². The fraction of sp³-hybridized carbons (Fsp3) is 0.632. The third kappa shape index (κ3) is 2.58. The minimum absolute atomic E-state index is 0.0274. The summed E-state index contributed by atoms with van der Waals surface area (Å²) < 4.78 is 1.84. The Kier molecular flexibility index (Phi) is 4.47. The van der Waals surface area contributed by atoms with Crippen molar-refractivity contribution in [2.45, 2.75) is 52.0 Å². The van der Waals surface area contributed by atoms with E-state index in [2.05, 4.69) is 36.6 Å². The highest BCUT2D eigenvalue weighted by Gasteiger charge is 2.43. The molecule has 2 N–H and O–H groups in total. The summed E-state index contributed by atoms with van der Waals surface area (Å²) in [5.41, 5.74) is 4.64. The molecule has 4 nitrogen and oxygen atoms in total. The molecule has 1 aromatic rings. The Morgan fingerprint density at radius 1 is 1.22 bits per heavy atom. The molecule has 2 atom stereocenters. The Labute approximate surface area is 139 Å². The monoisotopic (exact) mass is 315 g/mol. The van der Waals surface area contributed by atoms with Crippen molar-refractivity contribution in [1.29, 1.82) is 0 Å². The smallest absolute Gasteiger partial charge is 0.253 e. The van der Waals surface area contributed by atoms with Crippen molar-refractivity contribution in [3.05, 3.63) is 44.9 Å². The lowest BCUT2D eigenvalue weighted by atomic mass is 9.68. The zero-order chi connectivity index (χ0) is 16.6. The van der Waals surface area contributed by atoms with Gasteiger partial charge in [0.05, 0.1) is 5.54 Å². The van der Waals surface area contributed by atoms with E-state index in [1.54, 1.807) is 0 Å². The van der Waals surface area contributed by atoms with Crippen LogP contribution < -0.4 is 16.2 Å². The van der Waals surface area contributed by atoms with E-state index in [0.717, 1.165) is 43.7 Å². The first-order valence-corrected chi connectivity index (χ1v) is 8.77. The Hall–Kier alpha value is -1.39. The second-order valence-electron chi connectivity index (χ2n) is 7.13. The van der Waals surface area contributed by atoms with Crippen LogP contribution in [0.2, 0.25) is 0 Å². The van der Waals surface area contributed by atoms with Crippen LogP contribution in [-0.4, -0.2) is 17.8 Å². The van der Waals surface area contributed by atoms with Gasteiger partial charge in [-0.3, -0.25) is 10.1 Å². The molecule has 1 aromatic heterocycles. The van der Waals surface area contributed by atoms with Crippen molar-refractivity contribution in [1.82, 2.24) is 15.2 Å². The molecule has 0 radical (unpaired) electrons. The van der Waals surface area contributed by atoms with Crippen LogP contribution in [0.3, 0.4) is 0 Å². The first-order chi connectivity index (χ1) is 11.0. The van der Waals surface area contributed by atoms with E-state index in [9.17, 15) is 4.79 Å². The maximum Gasteiger partial charge on any atom is 0.253 e. The van der Waals surface area contributed by atoms with Gasteiger partial charge >= 0.3 is 0 Å². The van der Waals surface area contributed by atoms with Crippen LogP contribution in [0.15, 0.2) is 16.9 Å². The fourth-order valence-electron chi connectivity index (χ4n) is 4.54. The molecular weight excluding hydrogens is 286 g/mol. The van der Waals surface area contributed by atoms with E-state index in [-0.39, 0.29) is 11.1 Å². The molecule has 2 unspecified atom stereocenters. The zero-order valence-corrected chi connectivity index (χ0v) is 14.8. The topological polar surface area (TPSA) is 46.1 Å². The van der Waals surface area contributed by atoms with Crippen LogP contribution in [0.5, 0.6) is 0 Å². The summed E-state index contributed by atoms with van der Waals surface area (Å²) in [6.07, 6.45) is 9.20. The van der Waals surface area contributed by atoms with Crippen molar-refractivity contribution in [3.63, 3.8) is 0 Å². The standard InChI is InChI=1S/C19H29N3O/c1-13-14(2)18(23)22(4)15(3)17(13)19(10-11-20-12-21-19)16-8-6-5-7-9-16/h5-6,16,20-21H,7-12H2,1-4H3. The Bertz CT molecular complexity index is 649. The van der Waals surface area contributed by atoms with Crippen molar-refractivity contribution in [2.75, 3.05) is 13.2 Å². The minimum atomic E-state index is -0.0274. The average molecular weight is 315 g/mol. The number of nitrogens with zero attached hydrogens (tertiary/aromatic N) is 1. The molecule has 0 amide bonds. The quantitative estimate of drug-likeness (QED) is 0.824. The second-order valence-corrected chi connectivity index (χ2v) is 7.13. The van der Waals surface area contributed by atoms with Gasteiger partial charge in [0.25, 0.3) is 5.56 Å². The first kappa shape index (κ1) is 16.5. The number of allylic oxidation sites excluding steroid dienone is 2. The van der Waals surface area contributed by atoms with Crippen molar-refractivity contribution in [3.8, 4) is 0 Å². The van der Waals surface area contributed by atoms with Gasteiger partial charge in [0.2, 0.25) is 0 Å². The largest absolute Gasteiger partial charge is 0.315 e. The molecule has 2 heterocycles. The summed E-state index contributed by atoms with van der Waals surface area (Å²) in [4.78, 5) is 12.4. The number of nitrogens with one attached hydrogen (secondary N) is 2. The SMILES string of the molecule is Cc1c(C2(C3CC=CCC3)CCNCN2)c(C)n(C)c(=O)c1C.